The monoisotopic (exact) mass is 836 g/mol. The van der Waals surface area contributed by atoms with Crippen molar-refractivity contribution in [2.24, 2.45) is 0 Å². The van der Waals surface area contributed by atoms with Gasteiger partial charge in [-0.1, -0.05) is 48.0 Å². The molecular weight excluding hydrogens is 804 g/mol. The Morgan fingerprint density at radius 3 is 1.89 bits per heavy atom. The summed E-state index contributed by atoms with van der Waals surface area (Å²) in [6, 6.07) is 25.7. The van der Waals surface area contributed by atoms with Crippen molar-refractivity contribution in [3.05, 3.63) is 146 Å². The van der Waals surface area contributed by atoms with Crippen LogP contribution in [0.15, 0.2) is 106 Å². The van der Waals surface area contributed by atoms with E-state index in [1.54, 1.807) is 48.5 Å². The van der Waals surface area contributed by atoms with Gasteiger partial charge in [-0.15, -0.1) is 0 Å². The number of aromatic hydroxyl groups is 1. The molecule has 4 aromatic carbocycles. The second-order valence-corrected chi connectivity index (χ2v) is 14.3. The lowest BCUT2D eigenvalue weighted by atomic mass is 9.87. The molecule has 0 saturated heterocycles. The Kier molecular flexibility index (Phi) is 10.5. The average molecular weight is 837 g/mol. The van der Waals surface area contributed by atoms with Crippen molar-refractivity contribution in [2.75, 3.05) is 24.9 Å². The Hall–Kier alpha value is -7.84. The predicted octanol–water partition coefficient (Wildman–Crippen LogP) is 8.72. The third-order valence-electron chi connectivity index (χ3n) is 10.3. The number of para-hydroxylation sites is 2. The molecule has 1 aliphatic heterocycles. The molecule has 0 spiro atoms. The molecule has 2 aliphatic rings. The minimum atomic E-state index is -1.24. The summed E-state index contributed by atoms with van der Waals surface area (Å²) in [5, 5.41) is 29.7. The Bertz CT molecular complexity index is 3180. The number of anilines is 2. The first-order chi connectivity index (χ1) is 29.4. The molecule has 0 radical (unpaired) electrons. The summed E-state index contributed by atoms with van der Waals surface area (Å²) in [4.78, 5) is 73.4. The maximum Gasteiger partial charge on any atom is 0.356 e. The van der Waals surface area contributed by atoms with Crippen LogP contribution in [-0.4, -0.2) is 58.1 Å². The molecule has 1 aliphatic carbocycles. The Labute approximate surface area is 350 Å². The number of hydrogen-bond donors (Lipinski definition) is 4. The van der Waals surface area contributed by atoms with E-state index in [9.17, 15) is 34.2 Å². The number of rotatable bonds is 11. The van der Waals surface area contributed by atoms with Gasteiger partial charge in [0.25, 0.3) is 0 Å². The van der Waals surface area contributed by atoms with E-state index in [0.717, 1.165) is 0 Å². The normalized spacial score (nSPS) is 11.2. The summed E-state index contributed by atoms with van der Waals surface area (Å²) in [7, 11) is 2.51. The zero-order valence-corrected chi connectivity index (χ0v) is 33.3. The number of phenols is 1. The number of hydrogen-bond acceptors (Lipinski definition) is 13. The number of methoxy groups -OCH3 is 2. The molecule has 0 amide bonds. The number of carbonyl (C=O) groups excluding carboxylic acids is 3. The molecule has 0 saturated carbocycles. The van der Waals surface area contributed by atoms with Crippen LogP contribution in [0, 0.1) is 0 Å². The Morgan fingerprint density at radius 1 is 0.738 bits per heavy atom. The SMILES string of the molecule is COC(=O)c1ccc2cccc(NCc3c4oc5c(CNc6cccc7ccc(C(=O)OC)nc67)c(O)ccc5c(-c5cc(C(=O)O)ccc5C(C)=O)c-4cc(Cl)c3=O)c2n1. The third kappa shape index (κ3) is 7.29. The fourth-order valence-electron chi connectivity index (χ4n) is 7.34. The number of ether oxygens (including phenoxy) is 2. The summed E-state index contributed by atoms with van der Waals surface area (Å²) < 4.78 is 16.4. The number of nitrogens with zero attached hydrogens (tertiary/aromatic N) is 2. The Morgan fingerprint density at radius 2 is 1.33 bits per heavy atom. The fraction of sp³-hybridized carbons (Fsp3) is 0.109. The largest absolute Gasteiger partial charge is 0.507 e. The molecule has 61 heavy (non-hydrogen) atoms. The van der Waals surface area contributed by atoms with Crippen LogP contribution >= 0.6 is 11.6 Å². The highest BCUT2D eigenvalue weighted by Crippen LogP contribution is 2.46. The molecule has 0 fully saturated rings. The fourth-order valence-corrected chi connectivity index (χ4v) is 7.57. The number of carboxylic acid groups (broad SMARTS) is 1. The van der Waals surface area contributed by atoms with Crippen molar-refractivity contribution in [3.8, 4) is 28.2 Å². The van der Waals surface area contributed by atoms with Crippen molar-refractivity contribution in [3.63, 3.8) is 0 Å². The molecule has 0 unspecified atom stereocenters. The zero-order valence-electron chi connectivity index (χ0n) is 32.6. The summed E-state index contributed by atoms with van der Waals surface area (Å²) in [6.07, 6.45) is 0. The minimum absolute atomic E-state index is 0.0319. The van der Waals surface area contributed by atoms with E-state index in [4.69, 9.17) is 25.5 Å². The van der Waals surface area contributed by atoms with E-state index in [2.05, 4.69) is 20.6 Å². The maximum absolute atomic E-state index is 14.1. The van der Waals surface area contributed by atoms with Gasteiger partial charge in [-0.3, -0.25) is 9.59 Å². The van der Waals surface area contributed by atoms with Gasteiger partial charge in [0.1, 0.15) is 28.5 Å². The number of esters is 2. The lowest BCUT2D eigenvalue weighted by Crippen LogP contribution is -2.17. The van der Waals surface area contributed by atoms with Crippen LogP contribution < -0.4 is 16.1 Å². The molecule has 8 rings (SSSR count). The summed E-state index contributed by atoms with van der Waals surface area (Å²) in [5.41, 5.74) is 2.69. The van der Waals surface area contributed by atoms with Gasteiger partial charge < -0.3 is 34.7 Å². The lowest BCUT2D eigenvalue weighted by molar-refractivity contribution is 0.0586. The highest BCUT2D eigenvalue weighted by atomic mass is 35.5. The van der Waals surface area contributed by atoms with Crippen LogP contribution in [-0.2, 0) is 22.6 Å². The summed E-state index contributed by atoms with van der Waals surface area (Å²) in [6.45, 7) is 1.09. The number of Topliss-reactive ketones (excluding diaryl/α,β-unsaturated/α-hetero) is 1. The van der Waals surface area contributed by atoms with Crippen LogP contribution in [0.4, 0.5) is 11.4 Å². The van der Waals surface area contributed by atoms with Crippen LogP contribution in [0.2, 0.25) is 5.02 Å². The number of carboxylic acids is 1. The van der Waals surface area contributed by atoms with E-state index in [1.807, 2.05) is 12.1 Å². The zero-order chi connectivity index (χ0) is 43.1. The van der Waals surface area contributed by atoms with Crippen molar-refractivity contribution >= 4 is 79.4 Å². The van der Waals surface area contributed by atoms with Gasteiger partial charge in [0.2, 0.25) is 5.43 Å². The number of pyridine rings is 2. The van der Waals surface area contributed by atoms with Crippen LogP contribution in [0.5, 0.6) is 5.75 Å². The number of aromatic nitrogens is 2. The molecule has 15 heteroatoms. The van der Waals surface area contributed by atoms with Crippen molar-refractivity contribution < 1.29 is 43.3 Å². The standard InChI is InChI=1S/C46H33ClN4O10/c1-22(52)26-13-10-25(44(55)56)18-28(26)38-27-14-17-37(53)30(20-48-33-8-4-6-23-11-15-35(45(57)59-2)50-39(23)33)42(27)61-43-29(38)19-32(47)41(54)31(43)21-49-34-9-5-7-24-12-16-36(46(58)60-3)51-40(24)34/h4-19,48-49,53H,20-21H2,1-3H3,(H,55,56). The molecule has 6 aromatic rings. The molecule has 4 N–H and O–H groups in total. The number of ketones is 1. The van der Waals surface area contributed by atoms with E-state index in [0.29, 0.717) is 44.1 Å². The number of phenolic OH excluding ortho intramolecular Hbond substituents is 1. The number of carbonyl (C=O) groups is 4. The molecule has 0 atom stereocenters. The number of benzene rings is 5. The van der Waals surface area contributed by atoms with Gasteiger partial charge in [0.15, 0.2) is 5.78 Å². The summed E-state index contributed by atoms with van der Waals surface area (Å²) >= 11 is 6.71. The molecule has 304 valence electrons. The number of halogens is 1. The first-order valence-electron chi connectivity index (χ1n) is 18.6. The highest BCUT2D eigenvalue weighted by Gasteiger charge is 2.28. The van der Waals surface area contributed by atoms with Crippen molar-refractivity contribution in [1.82, 2.24) is 9.97 Å². The van der Waals surface area contributed by atoms with Gasteiger partial charge in [-0.2, -0.15) is 0 Å². The van der Waals surface area contributed by atoms with E-state index in [1.165, 1.54) is 57.5 Å². The number of fused-ring (bicyclic) bond motifs is 4. The van der Waals surface area contributed by atoms with E-state index in [-0.39, 0.29) is 85.8 Å². The number of aromatic carboxylic acids is 1. The molecule has 14 nitrogen and oxygen atoms in total. The Balaban J connectivity index is 1.35. The second kappa shape index (κ2) is 16.1. The van der Waals surface area contributed by atoms with E-state index < -0.39 is 23.3 Å². The quantitative estimate of drug-likeness (QED) is 0.0546. The minimum Gasteiger partial charge on any atom is -0.507 e. The molecule has 2 aromatic heterocycles. The highest BCUT2D eigenvalue weighted by molar-refractivity contribution is 6.31. The molecule has 3 heterocycles. The van der Waals surface area contributed by atoms with Crippen LogP contribution in [0.3, 0.4) is 0 Å². The van der Waals surface area contributed by atoms with Crippen molar-refractivity contribution in [2.45, 2.75) is 20.0 Å². The smallest absolute Gasteiger partial charge is 0.356 e. The van der Waals surface area contributed by atoms with Crippen LogP contribution in [0.1, 0.15) is 59.7 Å². The molecular formula is C46H33ClN4O10. The first kappa shape index (κ1) is 40.0. The van der Waals surface area contributed by atoms with Gasteiger partial charge in [0.05, 0.1) is 58.3 Å². The summed E-state index contributed by atoms with van der Waals surface area (Å²) in [5.74, 6) is -3.02. The van der Waals surface area contributed by atoms with Gasteiger partial charge in [-0.25, -0.2) is 24.4 Å². The number of nitrogens with one attached hydrogen (secondary N) is 2. The second-order valence-electron chi connectivity index (χ2n) is 13.9. The molecule has 0 bridgehead atoms. The van der Waals surface area contributed by atoms with E-state index >= 15 is 0 Å². The van der Waals surface area contributed by atoms with Crippen LogP contribution in [0.25, 0.3) is 55.2 Å². The van der Waals surface area contributed by atoms with Crippen molar-refractivity contribution in [1.29, 1.82) is 0 Å². The first-order valence-corrected chi connectivity index (χ1v) is 19.0. The van der Waals surface area contributed by atoms with Gasteiger partial charge >= 0.3 is 17.9 Å². The topological polar surface area (TPSA) is 207 Å². The third-order valence-corrected chi connectivity index (χ3v) is 10.6. The average Bonchev–Trinajstić information content (AvgIpc) is 3.27. The van der Waals surface area contributed by atoms with Gasteiger partial charge in [-0.05, 0) is 73.2 Å². The maximum atomic E-state index is 14.1. The van der Waals surface area contributed by atoms with Gasteiger partial charge in [0, 0.05) is 45.9 Å². The predicted molar refractivity (Wildman–Crippen MR) is 229 cm³/mol. The lowest BCUT2D eigenvalue weighted by Gasteiger charge is -2.22.